The van der Waals surface area contributed by atoms with E-state index < -0.39 is 30.8 Å². The topological polar surface area (TPSA) is 80.9 Å². The molecule has 0 radical (unpaired) electrons. The quantitative estimate of drug-likeness (QED) is 0.397. The van der Waals surface area contributed by atoms with E-state index in [1.807, 2.05) is 26.0 Å². The summed E-state index contributed by atoms with van der Waals surface area (Å²) < 4.78 is 0. The average Bonchev–Trinajstić information content (AvgIpc) is 2.81. The highest BCUT2D eigenvalue weighted by Crippen LogP contribution is 2.43. The number of hydrogen-bond donors (Lipinski definition) is 4. The van der Waals surface area contributed by atoms with E-state index in [0.29, 0.717) is 0 Å². The van der Waals surface area contributed by atoms with Crippen molar-refractivity contribution in [2.24, 2.45) is 0 Å². The number of rotatable bonds is 8. The van der Waals surface area contributed by atoms with Gasteiger partial charge in [-0.25, -0.2) is 0 Å². The summed E-state index contributed by atoms with van der Waals surface area (Å²) in [5, 5.41) is 42.0. The second kappa shape index (κ2) is 10.8. The Kier molecular flexibility index (Phi) is 8.32. The minimum absolute atomic E-state index is 0.281. The van der Waals surface area contributed by atoms with E-state index >= 15 is 0 Å². The zero-order valence-electron chi connectivity index (χ0n) is 21.1. The summed E-state index contributed by atoms with van der Waals surface area (Å²) >= 11 is 0. The predicted molar refractivity (Wildman–Crippen MR) is 137 cm³/mol. The first-order valence-electron chi connectivity index (χ1n) is 11.9. The zero-order chi connectivity index (χ0) is 25.2. The molecule has 4 N–H and O–H groups in total. The van der Waals surface area contributed by atoms with Gasteiger partial charge in [0.15, 0.2) is 0 Å². The molecule has 4 atom stereocenters. The monoisotopic (exact) mass is 462 g/mol. The first kappa shape index (κ1) is 26.1. The lowest BCUT2D eigenvalue weighted by Gasteiger charge is -2.36. The highest BCUT2D eigenvalue weighted by Gasteiger charge is 2.38. The van der Waals surface area contributed by atoms with Gasteiger partial charge in [-0.1, -0.05) is 54.6 Å². The van der Waals surface area contributed by atoms with Crippen molar-refractivity contribution in [3.63, 3.8) is 0 Å². The van der Waals surface area contributed by atoms with Crippen molar-refractivity contribution in [2.75, 3.05) is 6.61 Å². The Morgan fingerprint density at radius 3 is 1.29 bits per heavy atom. The van der Waals surface area contributed by atoms with Crippen LogP contribution in [-0.2, 0) is 0 Å². The summed E-state index contributed by atoms with van der Waals surface area (Å²) in [6.07, 6.45) is -4.25. The normalized spacial score (nSPS) is 15.3. The molecule has 0 unspecified atom stereocenters. The van der Waals surface area contributed by atoms with Gasteiger partial charge < -0.3 is 20.4 Å². The molecule has 0 amide bonds. The van der Waals surface area contributed by atoms with E-state index in [1.54, 1.807) is 0 Å². The first-order chi connectivity index (χ1) is 16.0. The lowest BCUT2D eigenvalue weighted by Crippen LogP contribution is -2.44. The molecule has 4 nitrogen and oxygen atoms in total. The summed E-state index contributed by atoms with van der Waals surface area (Å²) in [6.45, 7) is 11.7. The van der Waals surface area contributed by atoms with Crippen molar-refractivity contribution in [2.45, 2.75) is 71.7 Å². The van der Waals surface area contributed by atoms with Gasteiger partial charge in [0, 0.05) is 11.8 Å². The third kappa shape index (κ3) is 5.42. The highest BCUT2D eigenvalue weighted by atomic mass is 16.4. The third-order valence-corrected chi connectivity index (χ3v) is 7.35. The van der Waals surface area contributed by atoms with Gasteiger partial charge in [0.05, 0.1) is 12.7 Å². The van der Waals surface area contributed by atoms with Crippen LogP contribution in [-0.4, -0.2) is 45.3 Å². The number of aliphatic hydroxyl groups is 4. The molecule has 0 aromatic heterocycles. The summed E-state index contributed by atoms with van der Waals surface area (Å²) in [5.41, 5.74) is 9.82. The van der Waals surface area contributed by atoms with Crippen LogP contribution in [0.2, 0.25) is 0 Å². The molecule has 0 fully saturated rings. The van der Waals surface area contributed by atoms with E-state index in [1.165, 1.54) is 11.1 Å². The molecule has 0 spiro atoms. The molecular weight excluding hydrogens is 424 g/mol. The molecule has 3 aromatic rings. The van der Waals surface area contributed by atoms with E-state index in [2.05, 4.69) is 70.2 Å². The van der Waals surface area contributed by atoms with Crippen molar-refractivity contribution in [1.29, 1.82) is 0 Å². The van der Waals surface area contributed by atoms with Crippen molar-refractivity contribution in [3.05, 3.63) is 105 Å². The second-order valence-corrected chi connectivity index (χ2v) is 9.77. The largest absolute Gasteiger partial charge is 0.394 e. The Morgan fingerprint density at radius 2 is 0.912 bits per heavy atom. The number of hydrogen-bond acceptors (Lipinski definition) is 4. The van der Waals surface area contributed by atoms with Gasteiger partial charge in [0.2, 0.25) is 0 Å². The Balaban J connectivity index is 2.29. The van der Waals surface area contributed by atoms with Crippen molar-refractivity contribution in [3.8, 4) is 0 Å². The van der Waals surface area contributed by atoms with Gasteiger partial charge in [0.25, 0.3) is 0 Å². The van der Waals surface area contributed by atoms with Crippen LogP contribution in [0.4, 0.5) is 0 Å². The molecule has 0 aliphatic heterocycles. The van der Waals surface area contributed by atoms with Crippen molar-refractivity contribution < 1.29 is 20.4 Å². The smallest absolute Gasteiger partial charge is 0.109 e. The molecule has 34 heavy (non-hydrogen) atoms. The number of aliphatic hydroxyl groups excluding tert-OH is 4. The first-order valence-corrected chi connectivity index (χ1v) is 11.9. The molecule has 0 saturated heterocycles. The maximum absolute atomic E-state index is 11.5. The van der Waals surface area contributed by atoms with Gasteiger partial charge >= 0.3 is 0 Å². The Hall–Kier alpha value is -2.50. The van der Waals surface area contributed by atoms with E-state index in [9.17, 15) is 20.4 Å². The molecule has 182 valence electrons. The van der Waals surface area contributed by atoms with Crippen LogP contribution >= 0.6 is 0 Å². The molecule has 0 aliphatic carbocycles. The molecular formula is C30H38O4. The maximum Gasteiger partial charge on any atom is 0.109 e. The summed E-state index contributed by atoms with van der Waals surface area (Å²) in [7, 11) is 0. The molecule has 0 heterocycles. The fourth-order valence-electron chi connectivity index (χ4n) is 4.63. The Bertz CT molecular complexity index is 1090. The molecule has 0 saturated carbocycles. The summed E-state index contributed by atoms with van der Waals surface area (Å²) in [4.78, 5) is 0. The zero-order valence-corrected chi connectivity index (χ0v) is 21.1. The van der Waals surface area contributed by atoms with E-state index in [0.717, 1.165) is 38.9 Å². The van der Waals surface area contributed by atoms with Gasteiger partial charge in [0.1, 0.15) is 12.2 Å². The van der Waals surface area contributed by atoms with E-state index in [-0.39, 0.29) is 5.92 Å². The van der Waals surface area contributed by atoms with Gasteiger partial charge in [-0.3, -0.25) is 0 Å². The Labute approximate surface area is 203 Å². The van der Waals surface area contributed by atoms with Crippen LogP contribution in [0.1, 0.15) is 61.9 Å². The van der Waals surface area contributed by atoms with Crippen LogP contribution in [0.15, 0.2) is 54.6 Å². The van der Waals surface area contributed by atoms with Crippen LogP contribution in [0.25, 0.3) is 0 Å². The fraction of sp³-hybridized carbons (Fsp3) is 0.400. The SMILES string of the molecule is Cc1ccc(C(c2ccc(C)c(C)c2)[C@@H](c2ccc(C)c(C)c2)[C@@H](O)[C@H](O)[C@H](O)CO)cc1C. The van der Waals surface area contributed by atoms with Crippen molar-refractivity contribution in [1.82, 2.24) is 0 Å². The van der Waals surface area contributed by atoms with Crippen LogP contribution in [0, 0.1) is 41.5 Å². The minimum atomic E-state index is -1.50. The predicted octanol–water partition coefficient (Wildman–Crippen LogP) is 4.53. The lowest BCUT2D eigenvalue weighted by molar-refractivity contribution is -0.0857. The number of aryl methyl sites for hydroxylation is 6. The van der Waals surface area contributed by atoms with Gasteiger partial charge in [-0.05, 0) is 91.6 Å². The summed E-state index contributed by atoms with van der Waals surface area (Å²) in [6, 6.07) is 18.7. The lowest BCUT2D eigenvalue weighted by atomic mass is 9.71. The number of benzene rings is 3. The molecule has 3 aromatic carbocycles. The van der Waals surface area contributed by atoms with Gasteiger partial charge in [-0.2, -0.15) is 0 Å². The Morgan fingerprint density at radius 1 is 0.529 bits per heavy atom. The maximum atomic E-state index is 11.5. The summed E-state index contributed by atoms with van der Waals surface area (Å²) in [5.74, 6) is -0.837. The second-order valence-electron chi connectivity index (χ2n) is 9.77. The van der Waals surface area contributed by atoms with Crippen LogP contribution in [0.5, 0.6) is 0 Å². The van der Waals surface area contributed by atoms with E-state index in [4.69, 9.17) is 0 Å². The van der Waals surface area contributed by atoms with Crippen LogP contribution in [0.3, 0.4) is 0 Å². The highest BCUT2D eigenvalue weighted by molar-refractivity contribution is 5.45. The van der Waals surface area contributed by atoms with Gasteiger partial charge in [-0.15, -0.1) is 0 Å². The average molecular weight is 463 g/mol. The third-order valence-electron chi connectivity index (χ3n) is 7.35. The molecule has 0 bridgehead atoms. The molecule has 0 aliphatic rings. The van der Waals surface area contributed by atoms with Crippen molar-refractivity contribution >= 4 is 0 Å². The van der Waals surface area contributed by atoms with Crippen LogP contribution < -0.4 is 0 Å². The molecule has 4 heteroatoms. The fourth-order valence-corrected chi connectivity index (χ4v) is 4.63. The molecule has 3 rings (SSSR count). The minimum Gasteiger partial charge on any atom is -0.394 e. The standard InChI is InChI=1S/C30H38O4/c1-17-7-10-23(13-20(17)4)27(24-11-8-18(2)21(5)14-24)28(30(34)29(33)26(32)16-31)25-12-9-19(3)22(6)15-25/h7-15,26-34H,16H2,1-6H3/t26-,28-,29-,30-/m1/s1.